The largest absolute Gasteiger partial charge is 0.480 e. The summed E-state index contributed by atoms with van der Waals surface area (Å²) in [5.74, 6) is -1.31. The van der Waals surface area contributed by atoms with Crippen LogP contribution in [0.2, 0.25) is 0 Å². The van der Waals surface area contributed by atoms with Gasteiger partial charge in [0.2, 0.25) is 5.91 Å². The topological polar surface area (TPSA) is 84.2 Å². The van der Waals surface area contributed by atoms with Crippen molar-refractivity contribution in [1.29, 1.82) is 0 Å². The van der Waals surface area contributed by atoms with E-state index < -0.39 is 12.0 Å². The summed E-state index contributed by atoms with van der Waals surface area (Å²) in [5.41, 5.74) is 1.72. The van der Waals surface area contributed by atoms with Gasteiger partial charge in [-0.2, -0.15) is 5.10 Å². The van der Waals surface area contributed by atoms with Gasteiger partial charge in [0.1, 0.15) is 12.6 Å². The highest BCUT2D eigenvalue weighted by Crippen LogP contribution is 2.03. The van der Waals surface area contributed by atoms with Gasteiger partial charge in [-0.1, -0.05) is 19.8 Å². The third-order valence-electron chi connectivity index (χ3n) is 2.88. The number of aromatic nitrogens is 2. The Kier molecular flexibility index (Phi) is 5.54. The summed E-state index contributed by atoms with van der Waals surface area (Å²) in [6.45, 7) is 5.74. The van der Waals surface area contributed by atoms with Crippen molar-refractivity contribution < 1.29 is 14.7 Å². The van der Waals surface area contributed by atoms with E-state index in [1.807, 2.05) is 26.8 Å². The molecule has 106 valence electrons. The van der Waals surface area contributed by atoms with Gasteiger partial charge in [-0.25, -0.2) is 4.79 Å². The van der Waals surface area contributed by atoms with Gasteiger partial charge in [0.15, 0.2) is 0 Å². The maximum Gasteiger partial charge on any atom is 0.326 e. The maximum atomic E-state index is 11.8. The monoisotopic (exact) mass is 267 g/mol. The van der Waals surface area contributed by atoms with Crippen molar-refractivity contribution in [2.45, 2.75) is 52.6 Å². The number of nitrogens with zero attached hydrogens (tertiary/aromatic N) is 2. The zero-order chi connectivity index (χ0) is 14.4. The Balaban J connectivity index is 2.57. The molecule has 0 spiro atoms. The molecule has 0 aliphatic rings. The molecule has 1 aromatic rings. The van der Waals surface area contributed by atoms with Crippen LogP contribution < -0.4 is 5.32 Å². The minimum Gasteiger partial charge on any atom is -0.480 e. The molecule has 0 saturated carbocycles. The highest BCUT2D eigenvalue weighted by molar-refractivity contribution is 5.83. The lowest BCUT2D eigenvalue weighted by Crippen LogP contribution is -2.42. The number of carbonyl (C=O) groups is 2. The Morgan fingerprint density at radius 1 is 1.47 bits per heavy atom. The third kappa shape index (κ3) is 4.73. The van der Waals surface area contributed by atoms with Gasteiger partial charge in [-0.15, -0.1) is 0 Å². The molecule has 1 amide bonds. The number of carboxylic acids is 1. The Bertz CT molecular complexity index is 454. The zero-order valence-electron chi connectivity index (χ0n) is 11.6. The second-order valence-electron chi connectivity index (χ2n) is 4.69. The van der Waals surface area contributed by atoms with E-state index in [1.165, 1.54) is 0 Å². The summed E-state index contributed by atoms with van der Waals surface area (Å²) in [4.78, 5) is 22.8. The van der Waals surface area contributed by atoms with Gasteiger partial charge in [0.05, 0.1) is 5.69 Å². The van der Waals surface area contributed by atoms with Gasteiger partial charge in [-0.3, -0.25) is 9.48 Å². The van der Waals surface area contributed by atoms with Crippen molar-refractivity contribution in [2.75, 3.05) is 0 Å². The molecule has 0 unspecified atom stereocenters. The van der Waals surface area contributed by atoms with Crippen molar-refractivity contribution >= 4 is 11.9 Å². The average Bonchev–Trinajstić information content (AvgIpc) is 2.62. The van der Waals surface area contributed by atoms with E-state index in [1.54, 1.807) is 4.68 Å². The van der Waals surface area contributed by atoms with E-state index in [4.69, 9.17) is 5.11 Å². The molecule has 0 saturated heterocycles. The van der Waals surface area contributed by atoms with Crippen molar-refractivity contribution in [1.82, 2.24) is 15.1 Å². The lowest BCUT2D eigenvalue weighted by atomic mass is 10.1. The highest BCUT2D eigenvalue weighted by atomic mass is 16.4. The van der Waals surface area contributed by atoms with Crippen LogP contribution in [0.5, 0.6) is 0 Å². The molecule has 0 radical (unpaired) electrons. The fraction of sp³-hybridized carbons (Fsp3) is 0.615. The van der Waals surface area contributed by atoms with Crippen LogP contribution in [-0.2, 0) is 16.1 Å². The van der Waals surface area contributed by atoms with Crippen molar-refractivity contribution in [3.05, 3.63) is 17.5 Å². The van der Waals surface area contributed by atoms with E-state index in [0.717, 1.165) is 24.2 Å². The molecular weight excluding hydrogens is 246 g/mol. The van der Waals surface area contributed by atoms with Gasteiger partial charge >= 0.3 is 5.97 Å². The number of nitrogens with one attached hydrogen (secondary N) is 1. The summed E-state index contributed by atoms with van der Waals surface area (Å²) >= 11 is 0. The van der Waals surface area contributed by atoms with E-state index in [-0.39, 0.29) is 12.5 Å². The summed E-state index contributed by atoms with van der Waals surface area (Å²) < 4.78 is 1.57. The number of hydrogen-bond donors (Lipinski definition) is 2. The SMILES string of the molecule is CCCC[C@H](NC(=O)Cn1nc(C)cc1C)C(=O)O. The van der Waals surface area contributed by atoms with Crippen molar-refractivity contribution in [3.63, 3.8) is 0 Å². The number of hydrogen-bond acceptors (Lipinski definition) is 3. The zero-order valence-corrected chi connectivity index (χ0v) is 11.6. The van der Waals surface area contributed by atoms with Crippen LogP contribution in [0.1, 0.15) is 37.6 Å². The molecule has 0 bridgehead atoms. The predicted octanol–water partition coefficient (Wildman–Crippen LogP) is 1.26. The predicted molar refractivity (Wildman–Crippen MR) is 70.8 cm³/mol. The van der Waals surface area contributed by atoms with E-state index in [9.17, 15) is 9.59 Å². The van der Waals surface area contributed by atoms with E-state index in [2.05, 4.69) is 10.4 Å². The van der Waals surface area contributed by atoms with Gasteiger partial charge in [0.25, 0.3) is 0 Å². The number of rotatable bonds is 7. The summed E-state index contributed by atoms with van der Waals surface area (Å²) in [6, 6.07) is 1.06. The van der Waals surface area contributed by atoms with E-state index >= 15 is 0 Å². The van der Waals surface area contributed by atoms with Gasteiger partial charge < -0.3 is 10.4 Å². The molecule has 1 aromatic heterocycles. The fourth-order valence-electron chi connectivity index (χ4n) is 1.88. The van der Waals surface area contributed by atoms with Crippen LogP contribution in [0.25, 0.3) is 0 Å². The summed E-state index contributed by atoms with van der Waals surface area (Å²) in [5, 5.41) is 15.7. The normalized spacial score (nSPS) is 12.2. The fourth-order valence-corrected chi connectivity index (χ4v) is 1.88. The van der Waals surface area contributed by atoms with Crippen LogP contribution in [0.4, 0.5) is 0 Å². The number of amides is 1. The minimum atomic E-state index is -0.991. The van der Waals surface area contributed by atoms with Crippen molar-refractivity contribution in [3.8, 4) is 0 Å². The number of unbranched alkanes of at least 4 members (excludes halogenated alkanes) is 1. The quantitative estimate of drug-likeness (QED) is 0.779. The molecule has 6 heteroatoms. The first-order chi connectivity index (χ1) is 8.93. The number of aliphatic carboxylic acids is 1. The molecule has 0 aliphatic carbocycles. The average molecular weight is 267 g/mol. The molecule has 0 fully saturated rings. The Hall–Kier alpha value is -1.85. The molecule has 1 heterocycles. The first kappa shape index (κ1) is 15.2. The van der Waals surface area contributed by atoms with Gasteiger partial charge in [-0.05, 0) is 26.3 Å². The first-order valence-corrected chi connectivity index (χ1v) is 6.47. The Morgan fingerprint density at radius 2 is 2.16 bits per heavy atom. The lowest BCUT2D eigenvalue weighted by molar-refractivity contribution is -0.142. The van der Waals surface area contributed by atoms with Crippen molar-refractivity contribution in [2.24, 2.45) is 0 Å². The molecule has 2 N–H and O–H groups in total. The van der Waals surface area contributed by atoms with Crippen LogP contribution in [0.3, 0.4) is 0 Å². The number of carbonyl (C=O) groups excluding carboxylic acids is 1. The standard InChI is InChI=1S/C13H21N3O3/c1-4-5-6-11(13(18)19)14-12(17)8-16-10(3)7-9(2)15-16/h7,11H,4-6,8H2,1-3H3,(H,14,17)(H,18,19)/t11-/m0/s1. The molecular formula is C13H21N3O3. The Morgan fingerprint density at radius 3 is 2.63 bits per heavy atom. The molecule has 1 rings (SSSR count). The Labute approximate surface area is 112 Å². The molecule has 0 aromatic carbocycles. The minimum absolute atomic E-state index is 0.0512. The van der Waals surface area contributed by atoms with Crippen LogP contribution in [-0.4, -0.2) is 32.8 Å². The summed E-state index contributed by atoms with van der Waals surface area (Å²) in [6.07, 6.45) is 2.13. The maximum absolute atomic E-state index is 11.8. The van der Waals surface area contributed by atoms with Gasteiger partial charge in [0, 0.05) is 5.69 Å². The number of aryl methyl sites for hydroxylation is 2. The van der Waals surface area contributed by atoms with Crippen LogP contribution >= 0.6 is 0 Å². The highest BCUT2D eigenvalue weighted by Gasteiger charge is 2.19. The second kappa shape index (κ2) is 6.92. The lowest BCUT2D eigenvalue weighted by Gasteiger charge is -2.14. The van der Waals surface area contributed by atoms with E-state index in [0.29, 0.717) is 6.42 Å². The summed E-state index contributed by atoms with van der Waals surface area (Å²) in [7, 11) is 0. The van der Waals surface area contributed by atoms with Crippen LogP contribution in [0, 0.1) is 13.8 Å². The molecule has 19 heavy (non-hydrogen) atoms. The molecule has 0 aliphatic heterocycles. The third-order valence-corrected chi connectivity index (χ3v) is 2.88. The molecule has 6 nitrogen and oxygen atoms in total. The first-order valence-electron chi connectivity index (χ1n) is 6.47. The smallest absolute Gasteiger partial charge is 0.326 e. The van der Waals surface area contributed by atoms with Crippen LogP contribution in [0.15, 0.2) is 6.07 Å². The second-order valence-corrected chi connectivity index (χ2v) is 4.69. The number of carboxylic acid groups (broad SMARTS) is 1. The molecule has 1 atom stereocenters.